The summed E-state index contributed by atoms with van der Waals surface area (Å²) in [6, 6.07) is 18.7. The Balaban J connectivity index is 1.65. The molecule has 0 aliphatic carbocycles. The van der Waals surface area contributed by atoms with Crippen LogP contribution in [0.4, 0.5) is 0 Å². The van der Waals surface area contributed by atoms with Gasteiger partial charge in [-0.15, -0.1) is 0 Å². The highest BCUT2D eigenvalue weighted by Gasteiger charge is 2.04. The normalized spacial score (nSPS) is 11.5. The van der Waals surface area contributed by atoms with Crippen molar-refractivity contribution < 1.29 is 0 Å². The van der Waals surface area contributed by atoms with Crippen LogP contribution >= 0.6 is 12.2 Å². The van der Waals surface area contributed by atoms with E-state index in [-0.39, 0.29) is 0 Å². The van der Waals surface area contributed by atoms with Crippen LogP contribution in [0.25, 0.3) is 12.2 Å². The van der Waals surface area contributed by atoms with Gasteiger partial charge < -0.3 is 0 Å². The molecule has 3 rings (SSSR count). The van der Waals surface area contributed by atoms with Gasteiger partial charge in [0.15, 0.2) is 0 Å². The van der Waals surface area contributed by atoms with Gasteiger partial charge in [-0.1, -0.05) is 66.2 Å². The van der Waals surface area contributed by atoms with E-state index >= 15 is 0 Å². The predicted octanol–water partition coefficient (Wildman–Crippen LogP) is 4.51. The number of benzene rings is 2. The largest absolute Gasteiger partial charge is 0.283 e. The summed E-state index contributed by atoms with van der Waals surface area (Å²) < 4.78 is 2.44. The molecule has 1 N–H and O–H groups in total. The van der Waals surface area contributed by atoms with E-state index in [4.69, 9.17) is 12.2 Å². The fraction of sp³-hybridized carbons (Fsp3) is 0.200. The lowest BCUT2D eigenvalue weighted by atomic mass is 10.1. The Hall–Kier alpha value is -2.50. The standard InChI is InChI=1S/C20H22N4S/c1-16-8-10-18(11-9-16)14-23(2)15-24-20(25)21-19(22-24)13-12-17-6-4-3-5-7-17/h3-13H,14-15H2,1-2H3,(H,21,22,25)/b13-12+. The van der Waals surface area contributed by atoms with Gasteiger partial charge in [-0.05, 0) is 43.4 Å². The second kappa shape index (κ2) is 8.05. The fourth-order valence-electron chi connectivity index (χ4n) is 2.58. The number of aromatic nitrogens is 3. The van der Waals surface area contributed by atoms with Crippen molar-refractivity contribution in [2.45, 2.75) is 20.1 Å². The molecule has 0 amide bonds. The van der Waals surface area contributed by atoms with E-state index in [0.717, 1.165) is 17.9 Å². The first-order valence-corrected chi connectivity index (χ1v) is 8.65. The van der Waals surface area contributed by atoms with Gasteiger partial charge in [-0.2, -0.15) is 4.98 Å². The molecule has 0 aliphatic rings. The quantitative estimate of drug-likeness (QED) is 0.665. The molecule has 0 atom stereocenters. The molecule has 25 heavy (non-hydrogen) atoms. The van der Waals surface area contributed by atoms with E-state index < -0.39 is 0 Å². The van der Waals surface area contributed by atoms with Crippen molar-refractivity contribution in [3.63, 3.8) is 0 Å². The van der Waals surface area contributed by atoms with E-state index in [1.54, 1.807) is 0 Å². The second-order valence-corrected chi connectivity index (χ2v) is 6.57. The third-order valence-corrected chi connectivity index (χ3v) is 4.20. The van der Waals surface area contributed by atoms with Crippen LogP contribution in [0.15, 0.2) is 54.6 Å². The highest BCUT2D eigenvalue weighted by Crippen LogP contribution is 2.08. The molecular weight excluding hydrogens is 328 g/mol. The van der Waals surface area contributed by atoms with Gasteiger partial charge >= 0.3 is 0 Å². The molecule has 0 aliphatic heterocycles. The number of hydrogen-bond donors (Lipinski definition) is 1. The maximum atomic E-state index is 5.36. The molecule has 0 fully saturated rings. The first-order valence-electron chi connectivity index (χ1n) is 8.24. The van der Waals surface area contributed by atoms with Gasteiger partial charge in [0.05, 0.1) is 6.67 Å². The van der Waals surface area contributed by atoms with Crippen LogP contribution in [0.5, 0.6) is 0 Å². The summed E-state index contributed by atoms with van der Waals surface area (Å²) >= 11 is 5.36. The Morgan fingerprint density at radius 3 is 2.52 bits per heavy atom. The molecule has 1 aromatic heterocycles. The van der Waals surface area contributed by atoms with Gasteiger partial charge in [0.25, 0.3) is 0 Å². The Morgan fingerprint density at radius 2 is 1.80 bits per heavy atom. The average Bonchev–Trinajstić information content (AvgIpc) is 2.96. The first-order chi connectivity index (χ1) is 12.1. The molecule has 2 aromatic carbocycles. The van der Waals surface area contributed by atoms with E-state index in [1.165, 1.54) is 11.1 Å². The number of nitrogens with one attached hydrogen (secondary N) is 1. The van der Waals surface area contributed by atoms with Crippen LogP contribution in [-0.4, -0.2) is 26.7 Å². The number of aromatic amines is 1. The highest BCUT2D eigenvalue weighted by atomic mass is 32.1. The monoisotopic (exact) mass is 350 g/mol. The Kier molecular flexibility index (Phi) is 5.58. The summed E-state index contributed by atoms with van der Waals surface area (Å²) in [7, 11) is 2.07. The summed E-state index contributed by atoms with van der Waals surface area (Å²) in [4.78, 5) is 6.60. The van der Waals surface area contributed by atoms with Crippen LogP contribution in [0, 0.1) is 11.7 Å². The minimum absolute atomic E-state index is 0.559. The van der Waals surface area contributed by atoms with Crippen LogP contribution in [0.2, 0.25) is 0 Å². The van der Waals surface area contributed by atoms with E-state index in [0.29, 0.717) is 11.4 Å². The van der Waals surface area contributed by atoms with Crippen molar-refractivity contribution in [1.29, 1.82) is 0 Å². The first kappa shape index (κ1) is 17.3. The van der Waals surface area contributed by atoms with Crippen molar-refractivity contribution in [2.75, 3.05) is 7.05 Å². The van der Waals surface area contributed by atoms with E-state index in [9.17, 15) is 0 Å². The van der Waals surface area contributed by atoms with Crippen LogP contribution in [-0.2, 0) is 13.2 Å². The van der Waals surface area contributed by atoms with Crippen molar-refractivity contribution in [1.82, 2.24) is 19.7 Å². The molecule has 5 heteroatoms. The topological polar surface area (TPSA) is 36.9 Å². The maximum absolute atomic E-state index is 5.36. The SMILES string of the molecule is Cc1ccc(CN(C)Cn2[nH]c(/C=C/c3ccccc3)nc2=S)cc1. The number of nitrogens with zero attached hydrogens (tertiary/aromatic N) is 3. The zero-order valence-corrected chi connectivity index (χ0v) is 15.3. The van der Waals surface area contributed by atoms with Crippen LogP contribution < -0.4 is 0 Å². The number of H-pyrrole nitrogens is 1. The summed E-state index contributed by atoms with van der Waals surface area (Å²) in [6.07, 6.45) is 3.97. The van der Waals surface area contributed by atoms with Crippen LogP contribution in [0.1, 0.15) is 22.5 Å². The van der Waals surface area contributed by atoms with Crippen LogP contribution in [0.3, 0.4) is 0 Å². The lowest BCUT2D eigenvalue weighted by molar-refractivity contribution is 0.244. The average molecular weight is 350 g/mol. The summed E-state index contributed by atoms with van der Waals surface area (Å²) in [6.45, 7) is 3.62. The molecule has 0 spiro atoms. The number of aryl methyl sites for hydroxylation is 1. The predicted molar refractivity (Wildman–Crippen MR) is 105 cm³/mol. The minimum atomic E-state index is 0.559. The maximum Gasteiger partial charge on any atom is 0.217 e. The molecule has 4 nitrogen and oxygen atoms in total. The molecule has 0 unspecified atom stereocenters. The molecule has 0 radical (unpaired) electrons. The number of rotatable bonds is 6. The molecule has 3 aromatic rings. The fourth-order valence-corrected chi connectivity index (χ4v) is 2.78. The Labute approximate surface area is 153 Å². The third-order valence-electron chi connectivity index (χ3n) is 3.89. The molecule has 0 saturated carbocycles. The van der Waals surface area contributed by atoms with Crippen molar-refractivity contribution in [2.24, 2.45) is 0 Å². The third kappa shape index (κ3) is 4.98. The Morgan fingerprint density at radius 1 is 1.08 bits per heavy atom. The van der Waals surface area contributed by atoms with Gasteiger partial charge in [0, 0.05) is 6.54 Å². The number of hydrogen-bond acceptors (Lipinski definition) is 3. The summed E-state index contributed by atoms with van der Waals surface area (Å²) in [5.41, 5.74) is 3.69. The minimum Gasteiger partial charge on any atom is -0.283 e. The zero-order valence-electron chi connectivity index (χ0n) is 14.5. The van der Waals surface area contributed by atoms with Gasteiger partial charge in [-0.3, -0.25) is 10.00 Å². The molecule has 1 heterocycles. The van der Waals surface area contributed by atoms with Gasteiger partial charge in [-0.25, -0.2) is 4.68 Å². The van der Waals surface area contributed by atoms with Crippen molar-refractivity contribution in [3.8, 4) is 0 Å². The van der Waals surface area contributed by atoms with Crippen molar-refractivity contribution >= 4 is 24.4 Å². The van der Waals surface area contributed by atoms with E-state index in [1.807, 2.05) is 35.0 Å². The zero-order chi connectivity index (χ0) is 17.6. The lowest BCUT2D eigenvalue weighted by Crippen LogP contribution is -2.22. The summed E-state index contributed by atoms with van der Waals surface area (Å²) in [5.74, 6) is 0.762. The molecule has 0 saturated heterocycles. The lowest BCUT2D eigenvalue weighted by Gasteiger charge is -2.17. The molecule has 128 valence electrons. The highest BCUT2D eigenvalue weighted by molar-refractivity contribution is 7.71. The van der Waals surface area contributed by atoms with Gasteiger partial charge in [0.1, 0.15) is 5.82 Å². The van der Waals surface area contributed by atoms with Crippen molar-refractivity contribution in [3.05, 3.63) is 81.9 Å². The van der Waals surface area contributed by atoms with E-state index in [2.05, 4.69) is 65.4 Å². The smallest absolute Gasteiger partial charge is 0.217 e. The second-order valence-electron chi connectivity index (χ2n) is 6.20. The molecule has 0 bridgehead atoms. The van der Waals surface area contributed by atoms with Gasteiger partial charge in [0.2, 0.25) is 4.77 Å². The summed E-state index contributed by atoms with van der Waals surface area (Å²) in [5, 5.41) is 3.25. The Bertz CT molecular complexity index is 891. The molecular formula is C20H22N4S.